The second-order valence-electron chi connectivity index (χ2n) is 5.47. The van der Waals surface area contributed by atoms with Crippen molar-refractivity contribution >= 4 is 11.3 Å². The first-order chi connectivity index (χ1) is 7.36. The van der Waals surface area contributed by atoms with Crippen molar-refractivity contribution in [1.82, 2.24) is 4.98 Å². The molecule has 0 N–H and O–H groups in total. The highest BCUT2D eigenvalue weighted by molar-refractivity contribution is 7.09. The van der Waals surface area contributed by atoms with Crippen molar-refractivity contribution in [3.05, 3.63) is 16.1 Å². The molecule has 1 rings (SSSR count). The van der Waals surface area contributed by atoms with Crippen LogP contribution in [0.5, 0.6) is 0 Å². The van der Waals surface area contributed by atoms with Gasteiger partial charge in [0.1, 0.15) is 11.1 Å². The number of nitrogens with zero attached hydrogens (tertiary/aromatic N) is 1. The largest absolute Gasteiger partial charge is 0.371 e. The third-order valence-electron chi connectivity index (χ3n) is 2.48. The minimum atomic E-state index is 0.0993. The van der Waals surface area contributed by atoms with Crippen molar-refractivity contribution in [3.63, 3.8) is 0 Å². The van der Waals surface area contributed by atoms with Crippen molar-refractivity contribution in [2.45, 2.75) is 53.6 Å². The average molecular weight is 241 g/mol. The molecule has 3 heteroatoms. The summed E-state index contributed by atoms with van der Waals surface area (Å²) in [6.07, 6.45) is 0.106. The Hall–Kier alpha value is -0.410. The summed E-state index contributed by atoms with van der Waals surface area (Å²) < 4.78 is 5.83. The minimum absolute atomic E-state index is 0.0993. The number of thiazole rings is 1. The standard InChI is InChI=1S/C13H23NOS/c1-7-15-11(13(4,5)6)12-14-10(8-16-12)9(2)3/h8-9,11H,7H2,1-6H3. The van der Waals surface area contributed by atoms with Crippen molar-refractivity contribution < 1.29 is 4.74 Å². The predicted molar refractivity (Wildman–Crippen MR) is 70.0 cm³/mol. The fraction of sp³-hybridized carbons (Fsp3) is 0.769. The van der Waals surface area contributed by atoms with Gasteiger partial charge in [0.2, 0.25) is 0 Å². The summed E-state index contributed by atoms with van der Waals surface area (Å²) in [5.74, 6) is 0.493. The smallest absolute Gasteiger partial charge is 0.122 e. The number of hydrogen-bond acceptors (Lipinski definition) is 3. The Morgan fingerprint density at radius 3 is 2.38 bits per heavy atom. The molecule has 92 valence electrons. The van der Waals surface area contributed by atoms with E-state index < -0.39 is 0 Å². The molecule has 0 fully saturated rings. The first-order valence-corrected chi connectivity index (χ1v) is 6.81. The molecule has 0 aliphatic heterocycles. The Bertz CT molecular complexity index is 325. The van der Waals surface area contributed by atoms with E-state index in [-0.39, 0.29) is 11.5 Å². The van der Waals surface area contributed by atoms with Crippen LogP contribution < -0.4 is 0 Å². The van der Waals surface area contributed by atoms with Gasteiger partial charge in [-0.15, -0.1) is 11.3 Å². The molecule has 0 saturated carbocycles. The number of aromatic nitrogens is 1. The van der Waals surface area contributed by atoms with E-state index >= 15 is 0 Å². The summed E-state index contributed by atoms with van der Waals surface area (Å²) in [6, 6.07) is 0. The van der Waals surface area contributed by atoms with Crippen molar-refractivity contribution in [2.75, 3.05) is 6.61 Å². The van der Waals surface area contributed by atoms with E-state index in [0.717, 1.165) is 11.6 Å². The summed E-state index contributed by atoms with van der Waals surface area (Å²) >= 11 is 1.72. The molecule has 0 amide bonds. The second-order valence-corrected chi connectivity index (χ2v) is 6.36. The van der Waals surface area contributed by atoms with Crippen LogP contribution in [0.1, 0.15) is 64.3 Å². The average Bonchev–Trinajstić information content (AvgIpc) is 2.60. The number of ether oxygens (including phenoxy) is 1. The van der Waals surface area contributed by atoms with Gasteiger partial charge in [0, 0.05) is 12.0 Å². The van der Waals surface area contributed by atoms with Gasteiger partial charge in [-0.3, -0.25) is 0 Å². The number of rotatable bonds is 4. The minimum Gasteiger partial charge on any atom is -0.371 e. The second kappa shape index (κ2) is 5.28. The first-order valence-electron chi connectivity index (χ1n) is 5.93. The molecule has 1 aromatic rings. The Kier molecular flexibility index (Phi) is 4.51. The quantitative estimate of drug-likeness (QED) is 0.780. The van der Waals surface area contributed by atoms with Gasteiger partial charge in [0.15, 0.2) is 0 Å². The molecule has 0 spiro atoms. The van der Waals surface area contributed by atoms with Crippen LogP contribution in [-0.2, 0) is 4.74 Å². The van der Waals surface area contributed by atoms with Crippen LogP contribution in [0.4, 0.5) is 0 Å². The molecular formula is C13H23NOS. The van der Waals surface area contributed by atoms with Gasteiger partial charge in [-0.25, -0.2) is 4.98 Å². The van der Waals surface area contributed by atoms with E-state index in [2.05, 4.69) is 45.0 Å². The van der Waals surface area contributed by atoms with Gasteiger partial charge in [-0.2, -0.15) is 0 Å². The molecule has 2 nitrogen and oxygen atoms in total. The van der Waals surface area contributed by atoms with Crippen molar-refractivity contribution in [2.24, 2.45) is 5.41 Å². The molecule has 0 aliphatic rings. The first kappa shape index (κ1) is 13.7. The maximum Gasteiger partial charge on any atom is 0.122 e. The molecule has 16 heavy (non-hydrogen) atoms. The molecular weight excluding hydrogens is 218 g/mol. The lowest BCUT2D eigenvalue weighted by Gasteiger charge is -2.28. The van der Waals surface area contributed by atoms with Crippen LogP contribution in [-0.4, -0.2) is 11.6 Å². The highest BCUT2D eigenvalue weighted by atomic mass is 32.1. The lowest BCUT2D eigenvalue weighted by molar-refractivity contribution is -0.0134. The van der Waals surface area contributed by atoms with E-state index in [1.54, 1.807) is 11.3 Å². The zero-order chi connectivity index (χ0) is 12.3. The normalized spacial score (nSPS) is 14.4. The van der Waals surface area contributed by atoms with E-state index in [1.807, 2.05) is 6.92 Å². The molecule has 0 saturated heterocycles. The Balaban J connectivity index is 2.93. The Morgan fingerprint density at radius 2 is 2.00 bits per heavy atom. The Morgan fingerprint density at radius 1 is 1.38 bits per heavy atom. The van der Waals surface area contributed by atoms with Gasteiger partial charge in [-0.1, -0.05) is 34.6 Å². The van der Waals surface area contributed by atoms with Crippen molar-refractivity contribution in [3.8, 4) is 0 Å². The van der Waals surface area contributed by atoms with Crippen LogP contribution in [0.3, 0.4) is 0 Å². The van der Waals surface area contributed by atoms with E-state index in [9.17, 15) is 0 Å². The van der Waals surface area contributed by atoms with Crippen LogP contribution in [0.15, 0.2) is 5.38 Å². The molecule has 1 unspecified atom stereocenters. The van der Waals surface area contributed by atoms with E-state index in [4.69, 9.17) is 4.74 Å². The van der Waals surface area contributed by atoms with Gasteiger partial charge in [0.05, 0.1) is 5.69 Å². The summed E-state index contributed by atoms with van der Waals surface area (Å²) in [5.41, 5.74) is 1.27. The molecule has 0 bridgehead atoms. The van der Waals surface area contributed by atoms with E-state index in [0.29, 0.717) is 5.92 Å². The van der Waals surface area contributed by atoms with Gasteiger partial charge >= 0.3 is 0 Å². The maximum atomic E-state index is 5.83. The monoisotopic (exact) mass is 241 g/mol. The van der Waals surface area contributed by atoms with Gasteiger partial charge in [-0.05, 0) is 18.3 Å². The van der Waals surface area contributed by atoms with Gasteiger partial charge < -0.3 is 4.74 Å². The lowest BCUT2D eigenvalue weighted by Crippen LogP contribution is -2.21. The zero-order valence-corrected chi connectivity index (χ0v) is 12.0. The lowest BCUT2D eigenvalue weighted by atomic mass is 9.89. The number of hydrogen-bond donors (Lipinski definition) is 0. The summed E-state index contributed by atoms with van der Waals surface area (Å²) in [6.45, 7) is 13.7. The third kappa shape index (κ3) is 3.29. The van der Waals surface area contributed by atoms with Crippen molar-refractivity contribution in [1.29, 1.82) is 0 Å². The summed E-state index contributed by atoms with van der Waals surface area (Å²) in [5, 5.41) is 3.26. The third-order valence-corrected chi connectivity index (χ3v) is 3.38. The van der Waals surface area contributed by atoms with Crippen LogP contribution in [0, 0.1) is 5.41 Å². The highest BCUT2D eigenvalue weighted by Crippen LogP contribution is 2.38. The topological polar surface area (TPSA) is 22.1 Å². The molecule has 0 radical (unpaired) electrons. The summed E-state index contributed by atoms with van der Waals surface area (Å²) in [4.78, 5) is 4.69. The SMILES string of the molecule is CCOC(c1nc(C(C)C)cs1)C(C)(C)C. The highest BCUT2D eigenvalue weighted by Gasteiger charge is 2.29. The molecule has 1 atom stereocenters. The molecule has 1 aromatic heterocycles. The Labute approximate surface area is 103 Å². The van der Waals surface area contributed by atoms with Gasteiger partial charge in [0.25, 0.3) is 0 Å². The fourth-order valence-electron chi connectivity index (χ4n) is 1.54. The van der Waals surface area contributed by atoms with Crippen LogP contribution >= 0.6 is 11.3 Å². The summed E-state index contributed by atoms with van der Waals surface area (Å²) in [7, 11) is 0. The fourth-order valence-corrected chi connectivity index (χ4v) is 2.81. The van der Waals surface area contributed by atoms with Crippen LogP contribution in [0.25, 0.3) is 0 Å². The predicted octanol–water partition coefficient (Wildman–Crippen LogP) is 4.39. The molecule has 0 aromatic carbocycles. The van der Waals surface area contributed by atoms with E-state index in [1.165, 1.54) is 5.69 Å². The maximum absolute atomic E-state index is 5.83. The van der Waals surface area contributed by atoms with Crippen LogP contribution in [0.2, 0.25) is 0 Å². The molecule has 1 heterocycles. The molecule has 0 aliphatic carbocycles. The zero-order valence-electron chi connectivity index (χ0n) is 11.2.